The number of furan rings is 1. The van der Waals surface area contributed by atoms with Crippen molar-refractivity contribution in [1.29, 1.82) is 0 Å². The number of nitrogens with zero attached hydrogens (tertiary/aromatic N) is 2. The molecule has 0 aliphatic heterocycles. The molecule has 0 aliphatic carbocycles. The van der Waals surface area contributed by atoms with E-state index in [2.05, 4.69) is 164 Å². The Bertz CT molecular complexity index is 2890. The van der Waals surface area contributed by atoms with Crippen LogP contribution in [0.5, 0.6) is 0 Å². The zero-order valence-corrected chi connectivity index (χ0v) is 27.6. The molecule has 0 fully saturated rings. The summed E-state index contributed by atoms with van der Waals surface area (Å²) in [5, 5.41) is 6.94. The molecule has 2 aromatic heterocycles. The second-order valence-electron chi connectivity index (χ2n) is 13.0. The lowest BCUT2D eigenvalue weighted by molar-refractivity contribution is 0.673. The summed E-state index contributed by atoms with van der Waals surface area (Å²) in [4.78, 5) is 10.2. The summed E-state index contributed by atoms with van der Waals surface area (Å²) in [5.74, 6) is 0.684. The zero-order valence-electron chi connectivity index (χ0n) is 27.6. The highest BCUT2D eigenvalue weighted by atomic mass is 16.3. The van der Waals surface area contributed by atoms with Crippen LogP contribution in [0.4, 0.5) is 0 Å². The zero-order chi connectivity index (χ0) is 33.7. The van der Waals surface area contributed by atoms with Crippen molar-refractivity contribution in [3.05, 3.63) is 182 Å². The van der Waals surface area contributed by atoms with Crippen LogP contribution in [0.2, 0.25) is 0 Å². The number of hydrogen-bond acceptors (Lipinski definition) is 3. The Morgan fingerprint density at radius 1 is 0.353 bits per heavy atom. The quantitative estimate of drug-likeness (QED) is 0.186. The van der Waals surface area contributed by atoms with E-state index in [0.29, 0.717) is 5.82 Å². The third-order valence-corrected chi connectivity index (χ3v) is 9.87. The van der Waals surface area contributed by atoms with Crippen LogP contribution in [0.15, 0.2) is 186 Å². The molecular formula is C48H30N2O. The van der Waals surface area contributed by atoms with E-state index in [4.69, 9.17) is 14.4 Å². The molecule has 3 heteroatoms. The van der Waals surface area contributed by atoms with Gasteiger partial charge in [-0.25, -0.2) is 9.97 Å². The first-order valence-corrected chi connectivity index (χ1v) is 17.2. The standard InChI is InChI=1S/C48H30N2O/c1-3-12-33(13-4-1)42-28-38-17-9-10-18-40(38)47-46(42)41-26-25-39(29-45(41)51-47)44-30-43(49-48(50-44)35-14-5-2-6-15-35)34-22-19-32(20-23-34)37-24-21-31-11-7-8-16-36(31)27-37/h1-30H. The van der Waals surface area contributed by atoms with Crippen LogP contribution in [0.1, 0.15) is 0 Å². The van der Waals surface area contributed by atoms with Crippen molar-refractivity contribution in [2.45, 2.75) is 0 Å². The van der Waals surface area contributed by atoms with Crippen molar-refractivity contribution in [3.8, 4) is 56.2 Å². The highest BCUT2D eigenvalue weighted by molar-refractivity contribution is 6.21. The van der Waals surface area contributed by atoms with Crippen LogP contribution in [0, 0.1) is 0 Å². The number of hydrogen-bond donors (Lipinski definition) is 0. The summed E-state index contributed by atoms with van der Waals surface area (Å²) in [6, 6.07) is 63.8. The Kier molecular flexibility index (Phi) is 6.81. The van der Waals surface area contributed by atoms with Crippen LogP contribution in [0.25, 0.3) is 99.6 Å². The van der Waals surface area contributed by atoms with E-state index in [1.54, 1.807) is 0 Å². The fraction of sp³-hybridized carbons (Fsp3) is 0. The third-order valence-electron chi connectivity index (χ3n) is 9.87. The summed E-state index contributed by atoms with van der Waals surface area (Å²) in [6.07, 6.45) is 0. The predicted molar refractivity (Wildman–Crippen MR) is 212 cm³/mol. The van der Waals surface area contributed by atoms with E-state index in [9.17, 15) is 0 Å². The van der Waals surface area contributed by atoms with Crippen molar-refractivity contribution in [2.75, 3.05) is 0 Å². The van der Waals surface area contributed by atoms with Crippen molar-refractivity contribution >= 4 is 43.5 Å². The summed E-state index contributed by atoms with van der Waals surface area (Å²) < 4.78 is 6.76. The van der Waals surface area contributed by atoms with Crippen LogP contribution in [-0.2, 0) is 0 Å². The Morgan fingerprint density at radius 2 is 0.961 bits per heavy atom. The summed E-state index contributed by atoms with van der Waals surface area (Å²) in [7, 11) is 0. The van der Waals surface area contributed by atoms with Gasteiger partial charge in [0.1, 0.15) is 11.2 Å². The summed E-state index contributed by atoms with van der Waals surface area (Å²) >= 11 is 0. The smallest absolute Gasteiger partial charge is 0.160 e. The van der Waals surface area contributed by atoms with Gasteiger partial charge in [0.05, 0.1) is 11.4 Å². The number of fused-ring (bicyclic) bond motifs is 6. The fourth-order valence-electron chi connectivity index (χ4n) is 7.28. The molecule has 0 aliphatic rings. The van der Waals surface area contributed by atoms with Gasteiger partial charge in [-0.15, -0.1) is 0 Å². The highest BCUT2D eigenvalue weighted by Gasteiger charge is 2.18. The van der Waals surface area contributed by atoms with Crippen LogP contribution in [0.3, 0.4) is 0 Å². The van der Waals surface area contributed by atoms with E-state index in [-0.39, 0.29) is 0 Å². The lowest BCUT2D eigenvalue weighted by atomic mass is 9.95. The van der Waals surface area contributed by atoms with Gasteiger partial charge in [-0.1, -0.05) is 152 Å². The molecule has 3 nitrogen and oxygen atoms in total. The van der Waals surface area contributed by atoms with Gasteiger partial charge in [0, 0.05) is 32.8 Å². The maximum absolute atomic E-state index is 6.76. The minimum absolute atomic E-state index is 0.684. The molecule has 0 bridgehead atoms. The van der Waals surface area contributed by atoms with Crippen molar-refractivity contribution in [3.63, 3.8) is 0 Å². The molecule has 238 valence electrons. The second-order valence-corrected chi connectivity index (χ2v) is 13.0. The topological polar surface area (TPSA) is 38.9 Å². The Labute approximate surface area is 295 Å². The molecule has 10 aromatic rings. The number of aromatic nitrogens is 2. The molecule has 0 atom stereocenters. The molecule has 0 amide bonds. The van der Waals surface area contributed by atoms with E-state index in [1.165, 1.54) is 33.0 Å². The monoisotopic (exact) mass is 650 g/mol. The van der Waals surface area contributed by atoms with E-state index in [0.717, 1.165) is 60.8 Å². The first-order valence-electron chi connectivity index (χ1n) is 17.2. The van der Waals surface area contributed by atoms with Crippen LogP contribution >= 0.6 is 0 Å². The van der Waals surface area contributed by atoms with Crippen LogP contribution < -0.4 is 0 Å². The molecule has 10 rings (SSSR count). The van der Waals surface area contributed by atoms with Gasteiger partial charge >= 0.3 is 0 Å². The van der Waals surface area contributed by atoms with Crippen molar-refractivity contribution < 1.29 is 4.42 Å². The maximum Gasteiger partial charge on any atom is 0.160 e. The maximum atomic E-state index is 6.76. The summed E-state index contributed by atoms with van der Waals surface area (Å²) in [6.45, 7) is 0. The van der Waals surface area contributed by atoms with Gasteiger partial charge in [0.15, 0.2) is 5.82 Å². The molecule has 0 unspecified atom stereocenters. The van der Waals surface area contributed by atoms with E-state index < -0.39 is 0 Å². The average Bonchev–Trinajstić information content (AvgIpc) is 3.60. The van der Waals surface area contributed by atoms with Gasteiger partial charge in [0.25, 0.3) is 0 Å². The molecule has 0 N–H and O–H groups in total. The molecule has 0 spiro atoms. The largest absolute Gasteiger partial charge is 0.455 e. The van der Waals surface area contributed by atoms with Crippen molar-refractivity contribution in [2.24, 2.45) is 0 Å². The Hall–Kier alpha value is -6.84. The average molecular weight is 651 g/mol. The Balaban J connectivity index is 1.11. The van der Waals surface area contributed by atoms with Gasteiger partial charge in [0.2, 0.25) is 0 Å². The van der Waals surface area contributed by atoms with E-state index >= 15 is 0 Å². The molecule has 0 saturated heterocycles. The van der Waals surface area contributed by atoms with Gasteiger partial charge in [-0.3, -0.25) is 0 Å². The molecule has 8 aromatic carbocycles. The first-order chi connectivity index (χ1) is 25.2. The highest BCUT2D eigenvalue weighted by Crippen LogP contribution is 2.42. The van der Waals surface area contributed by atoms with Crippen molar-refractivity contribution in [1.82, 2.24) is 9.97 Å². The minimum atomic E-state index is 0.684. The SMILES string of the molecule is c1ccc(-c2nc(-c3ccc(-c4ccc5ccccc5c4)cc3)cc(-c3ccc4c(c3)oc3c5ccccc5cc(-c5ccccc5)c43)n2)cc1. The normalized spacial score (nSPS) is 11.5. The van der Waals surface area contributed by atoms with Gasteiger partial charge < -0.3 is 4.42 Å². The minimum Gasteiger partial charge on any atom is -0.455 e. The molecule has 0 saturated carbocycles. The lowest BCUT2D eigenvalue weighted by Crippen LogP contribution is -1.96. The van der Waals surface area contributed by atoms with E-state index in [1.807, 2.05) is 18.2 Å². The Morgan fingerprint density at radius 3 is 1.75 bits per heavy atom. The molecule has 2 heterocycles. The first kappa shape index (κ1) is 29.1. The van der Waals surface area contributed by atoms with Gasteiger partial charge in [-0.2, -0.15) is 0 Å². The third kappa shape index (κ3) is 5.15. The summed E-state index contributed by atoms with van der Waals surface area (Å²) in [5.41, 5.74) is 11.1. The number of benzene rings is 8. The molecular weight excluding hydrogens is 621 g/mol. The molecule has 0 radical (unpaired) electrons. The molecule has 51 heavy (non-hydrogen) atoms. The lowest BCUT2D eigenvalue weighted by Gasteiger charge is -2.10. The van der Waals surface area contributed by atoms with Gasteiger partial charge in [-0.05, 0) is 68.7 Å². The van der Waals surface area contributed by atoms with Crippen LogP contribution in [-0.4, -0.2) is 9.97 Å². The fourth-order valence-corrected chi connectivity index (χ4v) is 7.28. The second kappa shape index (κ2) is 11.9. The number of rotatable bonds is 5. The predicted octanol–water partition coefficient (Wildman–Crippen LogP) is 13.0.